The molecule has 1 nitrogen and oxygen atoms in total. The summed E-state index contributed by atoms with van der Waals surface area (Å²) in [7, 11) is 0. The number of rotatable bonds is 3. The summed E-state index contributed by atoms with van der Waals surface area (Å²) in [4.78, 5) is 0. The van der Waals surface area contributed by atoms with Gasteiger partial charge in [-0.1, -0.05) is 30.4 Å². The SMILES string of the molecule is Cc1cccc(C)c1C=CCCO. The number of benzene rings is 1. The van der Waals surface area contributed by atoms with Crippen LogP contribution < -0.4 is 0 Å². The molecule has 0 saturated heterocycles. The number of hydrogen-bond donors (Lipinski definition) is 1. The van der Waals surface area contributed by atoms with E-state index in [1.807, 2.05) is 6.08 Å². The van der Waals surface area contributed by atoms with Crippen molar-refractivity contribution in [2.45, 2.75) is 20.3 Å². The molecule has 0 fully saturated rings. The molecule has 0 aliphatic heterocycles. The minimum absolute atomic E-state index is 0.224. The van der Waals surface area contributed by atoms with Gasteiger partial charge in [0.25, 0.3) is 0 Å². The molecule has 0 unspecified atom stereocenters. The number of hydrogen-bond acceptors (Lipinski definition) is 1. The summed E-state index contributed by atoms with van der Waals surface area (Å²) in [5.41, 5.74) is 3.85. The molecule has 0 amide bonds. The second kappa shape index (κ2) is 4.83. The van der Waals surface area contributed by atoms with E-state index >= 15 is 0 Å². The van der Waals surface area contributed by atoms with Crippen LogP contribution in [-0.4, -0.2) is 11.7 Å². The lowest BCUT2D eigenvalue weighted by Crippen LogP contribution is -1.85. The van der Waals surface area contributed by atoms with Gasteiger partial charge in [0.1, 0.15) is 0 Å². The lowest BCUT2D eigenvalue weighted by atomic mass is 10.0. The van der Waals surface area contributed by atoms with Gasteiger partial charge in [-0.25, -0.2) is 0 Å². The van der Waals surface area contributed by atoms with Crippen molar-refractivity contribution in [2.24, 2.45) is 0 Å². The Kier molecular flexibility index (Phi) is 3.71. The summed E-state index contributed by atoms with van der Waals surface area (Å²) < 4.78 is 0. The van der Waals surface area contributed by atoms with Gasteiger partial charge in [-0.05, 0) is 37.0 Å². The van der Waals surface area contributed by atoms with Crippen LogP contribution in [0.15, 0.2) is 24.3 Å². The lowest BCUT2D eigenvalue weighted by molar-refractivity contribution is 0.303. The van der Waals surface area contributed by atoms with Gasteiger partial charge in [0.05, 0.1) is 0 Å². The molecule has 1 aromatic carbocycles. The third kappa shape index (κ3) is 2.71. The molecule has 0 bridgehead atoms. The van der Waals surface area contributed by atoms with Crippen molar-refractivity contribution < 1.29 is 5.11 Å². The number of aliphatic hydroxyl groups excluding tert-OH is 1. The van der Waals surface area contributed by atoms with Crippen LogP contribution in [0.4, 0.5) is 0 Å². The quantitative estimate of drug-likeness (QED) is 0.750. The predicted molar refractivity (Wildman–Crippen MR) is 56.7 cm³/mol. The Balaban J connectivity index is 2.87. The molecular formula is C12H16O. The standard InChI is InChI=1S/C12H16O/c1-10-6-5-7-11(2)12(10)8-3-4-9-13/h3,5-8,13H,4,9H2,1-2H3. The molecule has 0 radical (unpaired) electrons. The van der Waals surface area contributed by atoms with Gasteiger partial charge in [-0.15, -0.1) is 0 Å². The summed E-state index contributed by atoms with van der Waals surface area (Å²) in [6.45, 7) is 4.43. The fraction of sp³-hybridized carbons (Fsp3) is 0.333. The molecule has 1 N–H and O–H groups in total. The van der Waals surface area contributed by atoms with Crippen molar-refractivity contribution in [3.8, 4) is 0 Å². The van der Waals surface area contributed by atoms with E-state index in [-0.39, 0.29) is 6.61 Å². The lowest BCUT2D eigenvalue weighted by Gasteiger charge is -2.03. The summed E-state index contributed by atoms with van der Waals surface area (Å²) >= 11 is 0. The van der Waals surface area contributed by atoms with Crippen LogP contribution in [0, 0.1) is 13.8 Å². The van der Waals surface area contributed by atoms with E-state index in [0.29, 0.717) is 0 Å². The maximum Gasteiger partial charge on any atom is 0.0465 e. The second-order valence-electron chi connectivity index (χ2n) is 3.22. The van der Waals surface area contributed by atoms with E-state index in [9.17, 15) is 0 Å². The van der Waals surface area contributed by atoms with Crippen molar-refractivity contribution in [1.29, 1.82) is 0 Å². The summed E-state index contributed by atoms with van der Waals surface area (Å²) in [5, 5.41) is 8.63. The molecule has 0 heterocycles. The van der Waals surface area contributed by atoms with Crippen LogP contribution in [0.25, 0.3) is 6.08 Å². The van der Waals surface area contributed by atoms with E-state index in [1.165, 1.54) is 16.7 Å². The van der Waals surface area contributed by atoms with Crippen LogP contribution in [-0.2, 0) is 0 Å². The average Bonchev–Trinajstić information content (AvgIpc) is 2.10. The first-order valence-corrected chi connectivity index (χ1v) is 4.59. The maximum atomic E-state index is 8.63. The van der Waals surface area contributed by atoms with Gasteiger partial charge in [-0.2, -0.15) is 0 Å². The Morgan fingerprint density at radius 2 is 1.85 bits per heavy atom. The van der Waals surface area contributed by atoms with Crippen molar-refractivity contribution >= 4 is 6.08 Å². The predicted octanol–water partition coefficient (Wildman–Crippen LogP) is 2.70. The topological polar surface area (TPSA) is 20.2 Å². The zero-order valence-electron chi connectivity index (χ0n) is 8.25. The smallest absolute Gasteiger partial charge is 0.0465 e. The van der Waals surface area contributed by atoms with E-state index in [0.717, 1.165) is 6.42 Å². The molecule has 0 aliphatic carbocycles. The van der Waals surface area contributed by atoms with Gasteiger partial charge in [0.2, 0.25) is 0 Å². The van der Waals surface area contributed by atoms with Crippen molar-refractivity contribution in [1.82, 2.24) is 0 Å². The maximum absolute atomic E-state index is 8.63. The Morgan fingerprint density at radius 1 is 1.23 bits per heavy atom. The van der Waals surface area contributed by atoms with Gasteiger partial charge in [0.15, 0.2) is 0 Å². The highest BCUT2D eigenvalue weighted by Crippen LogP contribution is 2.14. The molecule has 13 heavy (non-hydrogen) atoms. The fourth-order valence-electron chi connectivity index (χ4n) is 1.37. The molecule has 0 aromatic heterocycles. The molecule has 0 saturated carbocycles. The van der Waals surface area contributed by atoms with Crippen molar-refractivity contribution in [3.63, 3.8) is 0 Å². The van der Waals surface area contributed by atoms with Crippen LogP contribution in [0.2, 0.25) is 0 Å². The van der Waals surface area contributed by atoms with E-state index < -0.39 is 0 Å². The molecular weight excluding hydrogens is 160 g/mol. The second-order valence-corrected chi connectivity index (χ2v) is 3.22. The third-order valence-electron chi connectivity index (χ3n) is 2.12. The molecule has 0 spiro atoms. The monoisotopic (exact) mass is 176 g/mol. The third-order valence-corrected chi connectivity index (χ3v) is 2.12. The van der Waals surface area contributed by atoms with Crippen molar-refractivity contribution in [3.05, 3.63) is 41.0 Å². The number of aryl methyl sites for hydroxylation is 2. The Hall–Kier alpha value is -1.08. The minimum Gasteiger partial charge on any atom is -0.396 e. The van der Waals surface area contributed by atoms with Crippen LogP contribution in [0.1, 0.15) is 23.1 Å². The summed E-state index contributed by atoms with van der Waals surface area (Å²) in [6.07, 6.45) is 4.82. The average molecular weight is 176 g/mol. The molecule has 1 aromatic rings. The highest BCUT2D eigenvalue weighted by atomic mass is 16.2. The zero-order valence-corrected chi connectivity index (χ0v) is 8.25. The highest BCUT2D eigenvalue weighted by Gasteiger charge is 1.95. The zero-order chi connectivity index (χ0) is 9.68. The molecule has 70 valence electrons. The van der Waals surface area contributed by atoms with Crippen LogP contribution >= 0.6 is 0 Å². The summed E-state index contributed by atoms with van der Waals surface area (Å²) in [5.74, 6) is 0. The Morgan fingerprint density at radius 3 is 2.38 bits per heavy atom. The largest absolute Gasteiger partial charge is 0.396 e. The minimum atomic E-state index is 0.224. The van der Waals surface area contributed by atoms with Gasteiger partial charge in [-0.3, -0.25) is 0 Å². The van der Waals surface area contributed by atoms with Gasteiger partial charge in [0, 0.05) is 6.61 Å². The molecule has 1 heteroatoms. The fourth-order valence-corrected chi connectivity index (χ4v) is 1.37. The van der Waals surface area contributed by atoms with E-state index in [2.05, 4.69) is 38.1 Å². The van der Waals surface area contributed by atoms with Gasteiger partial charge < -0.3 is 5.11 Å². The van der Waals surface area contributed by atoms with Crippen LogP contribution in [0.3, 0.4) is 0 Å². The highest BCUT2D eigenvalue weighted by molar-refractivity contribution is 5.57. The molecule has 0 atom stereocenters. The number of aliphatic hydroxyl groups is 1. The van der Waals surface area contributed by atoms with E-state index in [1.54, 1.807) is 0 Å². The Labute approximate surface area is 79.7 Å². The van der Waals surface area contributed by atoms with E-state index in [4.69, 9.17) is 5.11 Å². The van der Waals surface area contributed by atoms with Gasteiger partial charge >= 0.3 is 0 Å². The summed E-state index contributed by atoms with van der Waals surface area (Å²) in [6, 6.07) is 6.27. The first-order chi connectivity index (χ1) is 6.25. The van der Waals surface area contributed by atoms with Crippen LogP contribution in [0.5, 0.6) is 0 Å². The Bertz CT molecular complexity index is 280. The first kappa shape index (κ1) is 10.0. The first-order valence-electron chi connectivity index (χ1n) is 4.59. The van der Waals surface area contributed by atoms with Crippen molar-refractivity contribution in [2.75, 3.05) is 6.61 Å². The normalized spacial score (nSPS) is 11.0. The molecule has 0 aliphatic rings. The molecule has 1 rings (SSSR count).